The molecule has 0 aliphatic carbocycles. The van der Waals surface area contributed by atoms with E-state index in [1.54, 1.807) is 28.4 Å². The number of ether oxygens (including phenoxy) is 4. The van der Waals surface area contributed by atoms with Gasteiger partial charge in [0.15, 0.2) is 5.96 Å². The number of hydrogen-bond acceptors (Lipinski definition) is 6. The van der Waals surface area contributed by atoms with Crippen molar-refractivity contribution in [2.75, 3.05) is 54.7 Å². The normalized spacial score (nSPS) is 14.7. The highest BCUT2D eigenvalue weighted by atomic mass is 16.5. The van der Waals surface area contributed by atoms with E-state index in [9.17, 15) is 0 Å². The van der Waals surface area contributed by atoms with Gasteiger partial charge in [0.05, 0.1) is 46.7 Å². The van der Waals surface area contributed by atoms with Gasteiger partial charge in [-0.1, -0.05) is 24.3 Å². The predicted octanol–water partition coefficient (Wildman–Crippen LogP) is 2.41. The van der Waals surface area contributed by atoms with Crippen LogP contribution in [0.25, 0.3) is 0 Å². The predicted molar refractivity (Wildman–Crippen MR) is 126 cm³/mol. The molecule has 0 unspecified atom stereocenters. The van der Waals surface area contributed by atoms with Crippen molar-refractivity contribution >= 4 is 5.96 Å². The van der Waals surface area contributed by atoms with Crippen LogP contribution in [-0.4, -0.2) is 65.5 Å². The van der Waals surface area contributed by atoms with Crippen LogP contribution in [0, 0.1) is 0 Å². The maximum absolute atomic E-state index is 5.54. The van der Waals surface area contributed by atoms with Crippen molar-refractivity contribution in [2.24, 2.45) is 4.99 Å². The van der Waals surface area contributed by atoms with Crippen molar-refractivity contribution in [1.29, 1.82) is 0 Å². The third kappa shape index (κ3) is 6.27. The van der Waals surface area contributed by atoms with Gasteiger partial charge in [-0.05, 0) is 11.1 Å². The van der Waals surface area contributed by atoms with Crippen LogP contribution in [-0.2, 0) is 24.4 Å². The summed E-state index contributed by atoms with van der Waals surface area (Å²) in [6, 6.07) is 12.2. The molecule has 0 atom stereocenters. The molecule has 0 radical (unpaired) electrons. The van der Waals surface area contributed by atoms with Gasteiger partial charge < -0.3 is 29.6 Å². The maximum atomic E-state index is 5.54. The van der Waals surface area contributed by atoms with Gasteiger partial charge in [0.25, 0.3) is 0 Å². The summed E-state index contributed by atoms with van der Waals surface area (Å²) in [5.41, 5.74) is 3.46. The molecule has 1 heterocycles. The quantitative estimate of drug-likeness (QED) is 0.456. The second-order valence-corrected chi connectivity index (χ2v) is 7.45. The van der Waals surface area contributed by atoms with Gasteiger partial charge in [0.2, 0.25) is 0 Å². The summed E-state index contributed by atoms with van der Waals surface area (Å²) in [6.07, 6.45) is 0. The maximum Gasteiger partial charge on any atom is 0.191 e. The number of aliphatic imine (C=N–C) groups is 1. The average Bonchev–Trinajstić information content (AvgIpc) is 2.85. The summed E-state index contributed by atoms with van der Waals surface area (Å²) in [6.45, 7) is 5.63. The van der Waals surface area contributed by atoms with Crippen molar-refractivity contribution in [2.45, 2.75) is 19.6 Å². The largest absolute Gasteiger partial charge is 0.496 e. The molecule has 32 heavy (non-hydrogen) atoms. The van der Waals surface area contributed by atoms with E-state index >= 15 is 0 Å². The van der Waals surface area contributed by atoms with Gasteiger partial charge in [-0.15, -0.1) is 0 Å². The number of hydrogen-bond donors (Lipinski definition) is 2. The number of guanidine groups is 1. The summed E-state index contributed by atoms with van der Waals surface area (Å²) in [5.74, 6) is 2.77. The lowest BCUT2D eigenvalue weighted by atomic mass is 10.1. The molecule has 174 valence electrons. The highest BCUT2D eigenvalue weighted by Crippen LogP contribution is 2.33. The fourth-order valence-corrected chi connectivity index (χ4v) is 3.71. The Bertz CT molecular complexity index is 872. The lowest BCUT2D eigenvalue weighted by Gasteiger charge is -2.27. The summed E-state index contributed by atoms with van der Waals surface area (Å²) < 4.78 is 21.9. The van der Waals surface area contributed by atoms with Crippen LogP contribution in [0.2, 0.25) is 0 Å². The molecule has 8 nitrogen and oxygen atoms in total. The monoisotopic (exact) mass is 442 g/mol. The Morgan fingerprint density at radius 2 is 1.56 bits per heavy atom. The minimum absolute atomic E-state index is 0.492. The Labute approximate surface area is 190 Å². The van der Waals surface area contributed by atoms with E-state index in [0.29, 0.717) is 36.3 Å². The number of morpholine rings is 1. The van der Waals surface area contributed by atoms with Crippen LogP contribution >= 0.6 is 0 Å². The molecular weight excluding hydrogens is 408 g/mol. The minimum atomic E-state index is 0.492. The molecule has 0 spiro atoms. The van der Waals surface area contributed by atoms with Gasteiger partial charge in [-0.2, -0.15) is 0 Å². The van der Waals surface area contributed by atoms with Gasteiger partial charge >= 0.3 is 0 Å². The van der Waals surface area contributed by atoms with E-state index in [1.165, 1.54) is 11.1 Å². The third-order valence-corrected chi connectivity index (χ3v) is 5.54. The van der Waals surface area contributed by atoms with Gasteiger partial charge in [-0.25, -0.2) is 0 Å². The molecule has 8 heteroatoms. The molecule has 1 saturated heterocycles. The zero-order chi connectivity index (χ0) is 22.8. The Morgan fingerprint density at radius 3 is 2.16 bits per heavy atom. The molecule has 2 aromatic carbocycles. The smallest absolute Gasteiger partial charge is 0.191 e. The second kappa shape index (κ2) is 12.2. The highest BCUT2D eigenvalue weighted by Gasteiger charge is 2.15. The number of benzene rings is 2. The fraction of sp³-hybridized carbons (Fsp3) is 0.458. The molecule has 0 saturated carbocycles. The summed E-state index contributed by atoms with van der Waals surface area (Å²) in [7, 11) is 6.65. The number of rotatable bonds is 9. The van der Waals surface area contributed by atoms with Crippen molar-refractivity contribution < 1.29 is 18.9 Å². The molecule has 1 fully saturated rings. The van der Waals surface area contributed by atoms with Gasteiger partial charge in [0.1, 0.15) is 17.2 Å². The van der Waals surface area contributed by atoms with Crippen molar-refractivity contribution in [3.63, 3.8) is 0 Å². The zero-order valence-electron chi connectivity index (χ0n) is 19.4. The summed E-state index contributed by atoms with van der Waals surface area (Å²) >= 11 is 0. The van der Waals surface area contributed by atoms with Gasteiger partial charge in [-0.3, -0.25) is 9.89 Å². The van der Waals surface area contributed by atoms with E-state index in [0.717, 1.165) is 38.4 Å². The summed E-state index contributed by atoms with van der Waals surface area (Å²) in [4.78, 5) is 6.80. The molecule has 0 bridgehead atoms. The Morgan fingerprint density at radius 1 is 0.938 bits per heavy atom. The molecule has 0 amide bonds. The topological polar surface area (TPSA) is 76.6 Å². The first-order valence-corrected chi connectivity index (χ1v) is 10.8. The first-order valence-electron chi connectivity index (χ1n) is 10.8. The molecule has 1 aliphatic heterocycles. The van der Waals surface area contributed by atoms with Gasteiger partial charge in [0, 0.05) is 45.4 Å². The van der Waals surface area contributed by atoms with Crippen molar-refractivity contribution in [3.05, 3.63) is 53.1 Å². The number of methoxy groups -OCH3 is 3. The fourth-order valence-electron chi connectivity index (χ4n) is 3.71. The molecule has 2 aromatic rings. The van der Waals surface area contributed by atoms with Crippen LogP contribution in [0.5, 0.6) is 17.2 Å². The van der Waals surface area contributed by atoms with E-state index in [-0.39, 0.29) is 0 Å². The SMILES string of the molecule is CN=C(NCc1ccccc1CN1CCOCC1)NCc1c(OC)cc(OC)cc1OC. The van der Waals surface area contributed by atoms with Crippen LogP contribution < -0.4 is 24.8 Å². The Balaban J connectivity index is 1.63. The lowest BCUT2D eigenvalue weighted by Crippen LogP contribution is -2.37. The minimum Gasteiger partial charge on any atom is -0.496 e. The molecule has 1 aliphatic rings. The standard InChI is InChI=1S/C24H34N4O4/c1-25-24(27-16-21-22(30-3)13-20(29-2)14-23(21)31-4)26-15-18-7-5-6-8-19(18)17-28-9-11-32-12-10-28/h5-8,13-14H,9-12,15-17H2,1-4H3,(H2,25,26,27). The average molecular weight is 443 g/mol. The first kappa shape index (κ1) is 23.7. The van der Waals surface area contributed by atoms with Crippen LogP contribution in [0.3, 0.4) is 0 Å². The van der Waals surface area contributed by atoms with Crippen molar-refractivity contribution in [3.8, 4) is 17.2 Å². The highest BCUT2D eigenvalue weighted by molar-refractivity contribution is 5.79. The summed E-state index contributed by atoms with van der Waals surface area (Å²) in [5, 5.41) is 6.78. The van der Waals surface area contributed by atoms with E-state index < -0.39 is 0 Å². The Kier molecular flexibility index (Phi) is 9.01. The van der Waals surface area contributed by atoms with E-state index in [2.05, 4.69) is 44.8 Å². The molecule has 2 N–H and O–H groups in total. The molecular formula is C24H34N4O4. The Hall–Kier alpha value is -2.97. The van der Waals surface area contributed by atoms with E-state index in [4.69, 9.17) is 18.9 Å². The van der Waals surface area contributed by atoms with Crippen molar-refractivity contribution in [1.82, 2.24) is 15.5 Å². The number of nitrogens with one attached hydrogen (secondary N) is 2. The number of nitrogens with zero attached hydrogens (tertiary/aromatic N) is 2. The first-order chi connectivity index (χ1) is 15.7. The second-order valence-electron chi connectivity index (χ2n) is 7.45. The zero-order valence-corrected chi connectivity index (χ0v) is 19.4. The lowest BCUT2D eigenvalue weighted by molar-refractivity contribution is 0.0341. The van der Waals surface area contributed by atoms with Crippen LogP contribution in [0.4, 0.5) is 0 Å². The molecule has 0 aromatic heterocycles. The molecule has 3 rings (SSSR count). The third-order valence-electron chi connectivity index (χ3n) is 5.54. The van der Waals surface area contributed by atoms with E-state index in [1.807, 2.05) is 12.1 Å². The van der Waals surface area contributed by atoms with Crippen LogP contribution in [0.15, 0.2) is 41.4 Å². The van der Waals surface area contributed by atoms with Crippen LogP contribution in [0.1, 0.15) is 16.7 Å².